The van der Waals surface area contributed by atoms with Crippen molar-refractivity contribution in [1.82, 2.24) is 10.2 Å². The van der Waals surface area contributed by atoms with Crippen molar-refractivity contribution in [2.24, 2.45) is 5.92 Å². The Balaban J connectivity index is 3.84. The summed E-state index contributed by atoms with van der Waals surface area (Å²) in [7, 11) is 1.77. The Bertz CT molecular complexity index is 172. The minimum atomic E-state index is 0.588. The highest BCUT2D eigenvalue weighted by Crippen LogP contribution is 2.08. The second kappa shape index (κ2) is 9.86. The molecule has 0 heterocycles. The zero-order chi connectivity index (χ0) is 13.3. The Labute approximate surface area is 108 Å². The molecule has 17 heavy (non-hydrogen) atoms. The van der Waals surface area contributed by atoms with Crippen LogP contribution in [0.25, 0.3) is 0 Å². The van der Waals surface area contributed by atoms with Crippen molar-refractivity contribution in [2.45, 2.75) is 53.1 Å². The smallest absolute Gasteiger partial charge is 0.0589 e. The minimum Gasteiger partial charge on any atom is -0.383 e. The van der Waals surface area contributed by atoms with E-state index < -0.39 is 0 Å². The van der Waals surface area contributed by atoms with Crippen LogP contribution < -0.4 is 5.32 Å². The van der Waals surface area contributed by atoms with Crippen molar-refractivity contribution in [3.63, 3.8) is 0 Å². The molecule has 0 aliphatic rings. The Morgan fingerprint density at radius 3 is 2.24 bits per heavy atom. The molecule has 3 heteroatoms. The monoisotopic (exact) mass is 244 g/mol. The molecule has 1 N–H and O–H groups in total. The van der Waals surface area contributed by atoms with Crippen molar-refractivity contribution in [3.8, 4) is 0 Å². The number of rotatable bonds is 10. The molecule has 0 aromatic heterocycles. The number of hydrogen-bond acceptors (Lipinski definition) is 3. The van der Waals surface area contributed by atoms with Gasteiger partial charge in [-0.05, 0) is 46.2 Å². The van der Waals surface area contributed by atoms with Crippen molar-refractivity contribution in [3.05, 3.63) is 0 Å². The van der Waals surface area contributed by atoms with Crippen LogP contribution in [0.3, 0.4) is 0 Å². The molecule has 1 unspecified atom stereocenters. The molecule has 3 nitrogen and oxygen atoms in total. The van der Waals surface area contributed by atoms with E-state index in [-0.39, 0.29) is 0 Å². The van der Waals surface area contributed by atoms with E-state index >= 15 is 0 Å². The highest BCUT2D eigenvalue weighted by atomic mass is 16.5. The number of nitrogens with one attached hydrogen (secondary N) is 1. The quantitative estimate of drug-likeness (QED) is 0.597. The Hall–Kier alpha value is -0.120. The summed E-state index contributed by atoms with van der Waals surface area (Å²) in [5.41, 5.74) is 0. The highest BCUT2D eigenvalue weighted by molar-refractivity contribution is 4.72. The summed E-state index contributed by atoms with van der Waals surface area (Å²) in [4.78, 5) is 2.51. The molecule has 0 aromatic rings. The summed E-state index contributed by atoms with van der Waals surface area (Å²) in [6.45, 7) is 15.4. The lowest BCUT2D eigenvalue weighted by atomic mass is 10.1. The first kappa shape index (κ1) is 16.9. The fourth-order valence-electron chi connectivity index (χ4n) is 2.05. The zero-order valence-electron chi connectivity index (χ0n) is 12.6. The molecule has 0 amide bonds. The van der Waals surface area contributed by atoms with Gasteiger partial charge in [0.2, 0.25) is 0 Å². The summed E-state index contributed by atoms with van der Waals surface area (Å²) < 4.78 is 5.17. The van der Waals surface area contributed by atoms with Gasteiger partial charge in [-0.15, -0.1) is 0 Å². The van der Waals surface area contributed by atoms with E-state index in [0.29, 0.717) is 12.1 Å². The van der Waals surface area contributed by atoms with Crippen molar-refractivity contribution >= 4 is 0 Å². The summed E-state index contributed by atoms with van der Waals surface area (Å²) in [6.07, 6.45) is 1.20. The van der Waals surface area contributed by atoms with Crippen LogP contribution >= 0.6 is 0 Å². The number of ether oxygens (including phenoxy) is 1. The summed E-state index contributed by atoms with van der Waals surface area (Å²) >= 11 is 0. The average Bonchev–Trinajstić information content (AvgIpc) is 2.24. The SMILES string of the molecule is COCCN(C(C)C)C(C)CCNCC(C)C. The highest BCUT2D eigenvalue weighted by Gasteiger charge is 2.16. The third-order valence-electron chi connectivity index (χ3n) is 3.07. The van der Waals surface area contributed by atoms with Gasteiger partial charge in [-0.3, -0.25) is 4.90 Å². The molecule has 0 spiro atoms. The lowest BCUT2D eigenvalue weighted by Crippen LogP contribution is -2.42. The molecule has 0 radical (unpaired) electrons. The maximum atomic E-state index is 5.17. The zero-order valence-corrected chi connectivity index (χ0v) is 12.6. The first-order valence-corrected chi connectivity index (χ1v) is 6.94. The molecule has 0 aliphatic carbocycles. The molecule has 0 aliphatic heterocycles. The van der Waals surface area contributed by atoms with Gasteiger partial charge in [0.25, 0.3) is 0 Å². The molecular formula is C14H32N2O. The largest absolute Gasteiger partial charge is 0.383 e. The van der Waals surface area contributed by atoms with Crippen LogP contribution in [-0.2, 0) is 4.74 Å². The molecular weight excluding hydrogens is 212 g/mol. The van der Waals surface area contributed by atoms with E-state index in [2.05, 4.69) is 44.8 Å². The second-order valence-electron chi connectivity index (χ2n) is 5.56. The molecule has 0 rings (SSSR count). The van der Waals surface area contributed by atoms with Crippen molar-refractivity contribution in [2.75, 3.05) is 33.4 Å². The molecule has 0 saturated heterocycles. The van der Waals surface area contributed by atoms with Crippen molar-refractivity contribution < 1.29 is 4.74 Å². The van der Waals surface area contributed by atoms with Crippen LogP contribution in [0, 0.1) is 5.92 Å². The molecule has 0 bridgehead atoms. The van der Waals surface area contributed by atoms with Crippen LogP contribution in [0.15, 0.2) is 0 Å². The molecule has 1 atom stereocenters. The molecule has 0 saturated carbocycles. The fourth-order valence-corrected chi connectivity index (χ4v) is 2.05. The van der Waals surface area contributed by atoms with Crippen LogP contribution in [0.4, 0.5) is 0 Å². The summed E-state index contributed by atoms with van der Waals surface area (Å²) in [6, 6.07) is 1.20. The molecule has 104 valence electrons. The van der Waals surface area contributed by atoms with Crippen LogP contribution in [-0.4, -0.2) is 50.3 Å². The van der Waals surface area contributed by atoms with E-state index in [1.54, 1.807) is 7.11 Å². The van der Waals surface area contributed by atoms with Crippen LogP contribution in [0.2, 0.25) is 0 Å². The third kappa shape index (κ3) is 8.58. The topological polar surface area (TPSA) is 24.5 Å². The molecule has 0 fully saturated rings. The first-order valence-electron chi connectivity index (χ1n) is 6.94. The summed E-state index contributed by atoms with van der Waals surface area (Å²) in [5, 5.41) is 3.51. The van der Waals surface area contributed by atoms with Gasteiger partial charge < -0.3 is 10.1 Å². The number of nitrogens with zero attached hydrogens (tertiary/aromatic N) is 1. The molecule has 0 aromatic carbocycles. The van der Waals surface area contributed by atoms with Crippen LogP contribution in [0.1, 0.15) is 41.0 Å². The van der Waals surface area contributed by atoms with E-state index in [1.165, 1.54) is 6.42 Å². The Morgan fingerprint density at radius 2 is 1.76 bits per heavy atom. The van der Waals surface area contributed by atoms with Gasteiger partial charge in [-0.25, -0.2) is 0 Å². The van der Waals surface area contributed by atoms with Crippen LogP contribution in [0.5, 0.6) is 0 Å². The second-order valence-corrected chi connectivity index (χ2v) is 5.56. The Morgan fingerprint density at radius 1 is 1.12 bits per heavy atom. The van der Waals surface area contributed by atoms with Crippen molar-refractivity contribution in [1.29, 1.82) is 0 Å². The summed E-state index contributed by atoms with van der Waals surface area (Å²) in [5.74, 6) is 0.736. The standard InChI is InChI=1S/C14H32N2O/c1-12(2)11-15-8-7-14(5)16(13(3)4)9-10-17-6/h12-15H,7-11H2,1-6H3. The normalized spacial score (nSPS) is 13.9. The van der Waals surface area contributed by atoms with Gasteiger partial charge >= 0.3 is 0 Å². The predicted octanol–water partition coefficient (Wildman–Crippen LogP) is 2.37. The van der Waals surface area contributed by atoms with Gasteiger partial charge in [0.1, 0.15) is 0 Å². The van der Waals surface area contributed by atoms with Gasteiger partial charge in [-0.1, -0.05) is 13.8 Å². The third-order valence-corrected chi connectivity index (χ3v) is 3.07. The van der Waals surface area contributed by atoms with E-state index in [9.17, 15) is 0 Å². The van der Waals surface area contributed by atoms with Gasteiger partial charge in [0, 0.05) is 25.7 Å². The fraction of sp³-hybridized carbons (Fsp3) is 1.00. The van der Waals surface area contributed by atoms with E-state index in [1.807, 2.05) is 0 Å². The lowest BCUT2D eigenvalue weighted by molar-refractivity contribution is 0.0982. The van der Waals surface area contributed by atoms with Gasteiger partial charge in [0.15, 0.2) is 0 Å². The number of hydrogen-bond donors (Lipinski definition) is 1. The minimum absolute atomic E-state index is 0.588. The maximum absolute atomic E-state index is 5.17. The van der Waals surface area contributed by atoms with E-state index in [4.69, 9.17) is 4.74 Å². The average molecular weight is 244 g/mol. The lowest BCUT2D eigenvalue weighted by Gasteiger charge is -2.32. The Kier molecular flexibility index (Phi) is 9.79. The predicted molar refractivity (Wildman–Crippen MR) is 75.5 cm³/mol. The maximum Gasteiger partial charge on any atom is 0.0589 e. The van der Waals surface area contributed by atoms with Gasteiger partial charge in [0.05, 0.1) is 6.61 Å². The number of methoxy groups -OCH3 is 1. The first-order chi connectivity index (χ1) is 7.99. The van der Waals surface area contributed by atoms with E-state index in [0.717, 1.165) is 32.2 Å². The van der Waals surface area contributed by atoms with Gasteiger partial charge in [-0.2, -0.15) is 0 Å².